The van der Waals surface area contributed by atoms with Gasteiger partial charge in [-0.15, -0.1) is 11.3 Å². The van der Waals surface area contributed by atoms with E-state index in [0.29, 0.717) is 40.4 Å². The molecule has 2 aromatic carbocycles. The van der Waals surface area contributed by atoms with E-state index >= 15 is 0 Å². The molecule has 2 heterocycles. The number of hydrogen-bond acceptors (Lipinski definition) is 3. The van der Waals surface area contributed by atoms with Crippen LogP contribution in [0.4, 0.5) is 23.9 Å². The summed E-state index contributed by atoms with van der Waals surface area (Å²) >= 11 is 6.98. The lowest BCUT2D eigenvalue weighted by atomic mass is 10.0. The lowest BCUT2D eigenvalue weighted by Crippen LogP contribution is -2.35. The number of anilines is 2. The maximum atomic E-state index is 14.2. The molecule has 0 aliphatic carbocycles. The summed E-state index contributed by atoms with van der Waals surface area (Å²) < 4.78 is 41.2. The van der Waals surface area contributed by atoms with E-state index in [1.807, 2.05) is 0 Å². The summed E-state index contributed by atoms with van der Waals surface area (Å²) in [5.74, 6) is -2.91. The smallest absolute Gasteiger partial charge is 0.268 e. The molecule has 160 valence electrons. The van der Waals surface area contributed by atoms with Gasteiger partial charge in [-0.2, -0.15) is 0 Å². The van der Waals surface area contributed by atoms with Crippen LogP contribution in [0.1, 0.15) is 37.6 Å². The number of aryl methyl sites for hydroxylation is 1. The van der Waals surface area contributed by atoms with Crippen LogP contribution in [-0.4, -0.2) is 18.4 Å². The minimum absolute atomic E-state index is 0.0314. The summed E-state index contributed by atoms with van der Waals surface area (Å²) in [5.41, 5.74) is 1.25. The van der Waals surface area contributed by atoms with Crippen molar-refractivity contribution in [3.63, 3.8) is 0 Å². The second kappa shape index (κ2) is 8.36. The fourth-order valence-electron chi connectivity index (χ4n) is 3.56. The maximum absolute atomic E-state index is 14.2. The minimum Gasteiger partial charge on any atom is -0.313 e. The summed E-state index contributed by atoms with van der Waals surface area (Å²) in [4.78, 5) is 27.4. The molecule has 0 fully saturated rings. The molecule has 31 heavy (non-hydrogen) atoms. The first kappa shape index (κ1) is 21.4. The number of nitrogens with one attached hydrogen (secondary N) is 1. The number of nitrogens with zero attached hydrogens (tertiary/aromatic N) is 1. The summed E-state index contributed by atoms with van der Waals surface area (Å²) in [7, 11) is 0. The van der Waals surface area contributed by atoms with Gasteiger partial charge in [-0.3, -0.25) is 9.59 Å². The van der Waals surface area contributed by atoms with Crippen LogP contribution in [0.15, 0.2) is 36.4 Å². The van der Waals surface area contributed by atoms with Gasteiger partial charge in [0, 0.05) is 18.2 Å². The highest BCUT2D eigenvalue weighted by molar-refractivity contribution is 7.18. The number of thiophene rings is 1. The van der Waals surface area contributed by atoms with Crippen LogP contribution in [0, 0.1) is 24.4 Å². The average Bonchev–Trinajstić information content (AvgIpc) is 3.06. The first-order valence-corrected chi connectivity index (χ1v) is 10.6. The summed E-state index contributed by atoms with van der Waals surface area (Å²) in [6.07, 6.45) is 0.979. The number of fused-ring (bicyclic) bond motifs is 1. The van der Waals surface area contributed by atoms with Gasteiger partial charge in [-0.1, -0.05) is 11.6 Å². The number of benzene rings is 2. The topological polar surface area (TPSA) is 49.4 Å². The third-order valence-electron chi connectivity index (χ3n) is 5.01. The fraction of sp³-hybridized carbons (Fsp3) is 0.182. The second-order valence-corrected chi connectivity index (χ2v) is 8.61. The van der Waals surface area contributed by atoms with Crippen molar-refractivity contribution >= 4 is 45.4 Å². The van der Waals surface area contributed by atoms with E-state index in [-0.39, 0.29) is 16.3 Å². The third kappa shape index (κ3) is 4.18. The van der Waals surface area contributed by atoms with Crippen molar-refractivity contribution in [2.45, 2.75) is 19.8 Å². The Kier molecular flexibility index (Phi) is 5.77. The van der Waals surface area contributed by atoms with E-state index in [2.05, 4.69) is 5.32 Å². The molecular weight excluding hydrogens is 449 g/mol. The van der Waals surface area contributed by atoms with E-state index in [4.69, 9.17) is 11.6 Å². The van der Waals surface area contributed by atoms with E-state index in [9.17, 15) is 22.8 Å². The van der Waals surface area contributed by atoms with E-state index in [1.54, 1.807) is 13.0 Å². The van der Waals surface area contributed by atoms with E-state index < -0.39 is 29.3 Å². The van der Waals surface area contributed by atoms with Crippen molar-refractivity contribution in [3.05, 3.63) is 80.4 Å². The van der Waals surface area contributed by atoms with Crippen molar-refractivity contribution in [2.75, 3.05) is 16.8 Å². The first-order chi connectivity index (χ1) is 14.7. The van der Waals surface area contributed by atoms with Crippen LogP contribution >= 0.6 is 22.9 Å². The molecule has 0 atom stereocenters. The zero-order valence-electron chi connectivity index (χ0n) is 16.3. The standard InChI is InChI=1S/C22H16ClF3N2O2S/c1-11-7-19(27-21(29)14-5-4-12(24)8-16(14)23)31-20(11)22(30)28-6-2-3-15-17(26)9-13(25)10-18(15)28/h4-5,7-10H,2-3,6H2,1H3,(H,27,29). The molecule has 4 rings (SSSR count). The average molecular weight is 465 g/mol. The molecule has 3 aromatic rings. The van der Waals surface area contributed by atoms with Crippen molar-refractivity contribution in [1.82, 2.24) is 0 Å². The number of rotatable bonds is 3. The molecule has 4 nitrogen and oxygen atoms in total. The Bertz CT molecular complexity index is 1210. The molecule has 0 unspecified atom stereocenters. The zero-order chi connectivity index (χ0) is 22.3. The summed E-state index contributed by atoms with van der Waals surface area (Å²) in [6, 6.07) is 7.05. The van der Waals surface area contributed by atoms with E-state index in [1.165, 1.54) is 11.0 Å². The molecule has 1 N–H and O–H groups in total. The summed E-state index contributed by atoms with van der Waals surface area (Å²) in [6.45, 7) is 2.04. The van der Waals surface area contributed by atoms with Crippen molar-refractivity contribution in [2.24, 2.45) is 0 Å². The Hall–Kier alpha value is -2.84. The van der Waals surface area contributed by atoms with Crippen molar-refractivity contribution < 1.29 is 22.8 Å². The number of carbonyl (C=O) groups is 2. The van der Waals surface area contributed by atoms with Crippen LogP contribution < -0.4 is 10.2 Å². The largest absolute Gasteiger partial charge is 0.313 e. The molecule has 9 heteroatoms. The van der Waals surface area contributed by atoms with Crippen LogP contribution in [0.5, 0.6) is 0 Å². The zero-order valence-corrected chi connectivity index (χ0v) is 17.8. The third-order valence-corrected chi connectivity index (χ3v) is 6.46. The van der Waals surface area contributed by atoms with Crippen LogP contribution in [0.2, 0.25) is 5.02 Å². The molecule has 1 aliphatic rings. The van der Waals surface area contributed by atoms with Gasteiger partial charge >= 0.3 is 0 Å². The van der Waals surface area contributed by atoms with Gasteiger partial charge in [0.15, 0.2) is 0 Å². The predicted octanol–water partition coefficient (Wildman–Crippen LogP) is 5.97. The van der Waals surface area contributed by atoms with Gasteiger partial charge in [0.25, 0.3) is 11.8 Å². The lowest BCUT2D eigenvalue weighted by molar-refractivity contribution is 0.0986. The van der Waals surface area contributed by atoms with Crippen LogP contribution in [0.25, 0.3) is 0 Å². The van der Waals surface area contributed by atoms with Gasteiger partial charge in [-0.25, -0.2) is 13.2 Å². The number of hydrogen-bond donors (Lipinski definition) is 1. The molecule has 0 radical (unpaired) electrons. The van der Waals surface area contributed by atoms with Crippen LogP contribution in [0.3, 0.4) is 0 Å². The van der Waals surface area contributed by atoms with Crippen LogP contribution in [-0.2, 0) is 6.42 Å². The van der Waals surface area contributed by atoms with Gasteiger partial charge in [0.05, 0.1) is 26.2 Å². The first-order valence-electron chi connectivity index (χ1n) is 9.41. The Labute approximate surface area is 185 Å². The highest BCUT2D eigenvalue weighted by atomic mass is 35.5. The normalized spacial score (nSPS) is 13.1. The number of carbonyl (C=O) groups excluding carboxylic acids is 2. The molecule has 0 spiro atoms. The predicted molar refractivity (Wildman–Crippen MR) is 115 cm³/mol. The second-order valence-electron chi connectivity index (χ2n) is 7.15. The van der Waals surface area contributed by atoms with Gasteiger partial charge < -0.3 is 10.2 Å². The van der Waals surface area contributed by atoms with Gasteiger partial charge in [-0.05, 0) is 55.7 Å². The van der Waals surface area contributed by atoms with Gasteiger partial charge in [0.1, 0.15) is 17.5 Å². The number of amides is 2. The Morgan fingerprint density at radius 2 is 1.87 bits per heavy atom. The van der Waals surface area contributed by atoms with Gasteiger partial charge in [0.2, 0.25) is 0 Å². The SMILES string of the molecule is Cc1cc(NC(=O)c2ccc(F)cc2Cl)sc1C(=O)N1CCCc2c(F)cc(F)cc21. The van der Waals surface area contributed by atoms with E-state index in [0.717, 1.165) is 35.6 Å². The molecule has 0 saturated heterocycles. The van der Waals surface area contributed by atoms with Crippen molar-refractivity contribution in [1.29, 1.82) is 0 Å². The molecule has 0 bridgehead atoms. The number of halogens is 4. The Morgan fingerprint density at radius 3 is 2.61 bits per heavy atom. The quantitative estimate of drug-likeness (QED) is 0.519. The highest BCUT2D eigenvalue weighted by Gasteiger charge is 2.28. The molecule has 1 aromatic heterocycles. The minimum atomic E-state index is -0.747. The molecule has 0 saturated carbocycles. The fourth-order valence-corrected chi connectivity index (χ4v) is 4.82. The lowest BCUT2D eigenvalue weighted by Gasteiger charge is -2.29. The molecular formula is C22H16ClF3N2O2S. The molecule has 2 amide bonds. The highest BCUT2D eigenvalue weighted by Crippen LogP contribution is 2.35. The Balaban J connectivity index is 1.60. The van der Waals surface area contributed by atoms with Crippen molar-refractivity contribution in [3.8, 4) is 0 Å². The molecule has 1 aliphatic heterocycles. The monoisotopic (exact) mass is 464 g/mol. The Morgan fingerprint density at radius 1 is 1.10 bits per heavy atom. The summed E-state index contributed by atoms with van der Waals surface area (Å²) in [5, 5.41) is 3.02. The maximum Gasteiger partial charge on any atom is 0.268 e.